The number of aromatic nitrogens is 2. The number of nitrogens with zero attached hydrogens (tertiary/aromatic N) is 2. The third-order valence-electron chi connectivity index (χ3n) is 10.4. The van der Waals surface area contributed by atoms with Crippen LogP contribution in [0.3, 0.4) is 0 Å². The van der Waals surface area contributed by atoms with Gasteiger partial charge in [0.25, 0.3) is 0 Å². The van der Waals surface area contributed by atoms with E-state index in [-0.39, 0.29) is 0 Å². The molecule has 0 fully saturated rings. The van der Waals surface area contributed by atoms with Crippen LogP contribution >= 0.6 is 0 Å². The van der Waals surface area contributed by atoms with E-state index in [1.807, 2.05) is 12.3 Å². The van der Waals surface area contributed by atoms with Gasteiger partial charge in [0, 0.05) is 33.4 Å². The standard InChI is InChI=1S/C47H32N2OSi/c1-4-14-36(15-5-1)51(37-16-6-2-7-17-37,38-18-8-3-9-19-38)39-20-12-13-33(29-39)34-23-25-45-42(30-34)40-21-10-11-22-44(40)49(45)35-24-26-46-43(31-35)41-27-28-48-32-47(41)50-46/h1-32H. The molecular formula is C47H32N2OSi. The average Bonchev–Trinajstić information content (AvgIpc) is 3.75. The predicted octanol–water partition coefficient (Wildman–Crippen LogP) is 9.12. The van der Waals surface area contributed by atoms with Gasteiger partial charge in [-0.05, 0) is 74.3 Å². The van der Waals surface area contributed by atoms with Gasteiger partial charge >= 0.3 is 0 Å². The van der Waals surface area contributed by atoms with E-state index in [0.29, 0.717) is 0 Å². The number of benzene rings is 7. The largest absolute Gasteiger partial charge is 0.454 e. The normalized spacial score (nSPS) is 11.9. The van der Waals surface area contributed by atoms with Crippen molar-refractivity contribution in [2.24, 2.45) is 0 Å². The highest BCUT2D eigenvalue weighted by atomic mass is 28.3. The van der Waals surface area contributed by atoms with E-state index >= 15 is 0 Å². The topological polar surface area (TPSA) is 31.0 Å². The summed E-state index contributed by atoms with van der Waals surface area (Å²) in [6.45, 7) is 0. The molecule has 3 nitrogen and oxygen atoms in total. The number of rotatable bonds is 6. The van der Waals surface area contributed by atoms with Crippen molar-refractivity contribution in [2.75, 3.05) is 0 Å². The van der Waals surface area contributed by atoms with Gasteiger partial charge in [-0.1, -0.05) is 140 Å². The van der Waals surface area contributed by atoms with Crippen LogP contribution in [0, 0.1) is 0 Å². The second-order valence-electron chi connectivity index (χ2n) is 13.2. The molecule has 0 aliphatic carbocycles. The fraction of sp³-hybridized carbons (Fsp3) is 0. The first-order valence-electron chi connectivity index (χ1n) is 17.4. The van der Waals surface area contributed by atoms with Gasteiger partial charge in [-0.3, -0.25) is 4.98 Å². The lowest BCUT2D eigenvalue weighted by Crippen LogP contribution is -2.74. The molecule has 3 heterocycles. The molecular weight excluding hydrogens is 637 g/mol. The van der Waals surface area contributed by atoms with Crippen LogP contribution in [0.1, 0.15) is 0 Å². The molecule has 0 N–H and O–H groups in total. The van der Waals surface area contributed by atoms with Crippen molar-refractivity contribution >= 4 is 72.6 Å². The fourth-order valence-electron chi connectivity index (χ4n) is 8.19. The zero-order valence-corrected chi connectivity index (χ0v) is 28.8. The summed E-state index contributed by atoms with van der Waals surface area (Å²) in [5.74, 6) is 0. The molecule has 10 rings (SSSR count). The van der Waals surface area contributed by atoms with Gasteiger partial charge in [0.1, 0.15) is 5.58 Å². The SMILES string of the molecule is c1ccc([Si](c2ccccc2)(c2ccccc2)c2cccc(-c3ccc4c(c3)c3ccccc3n4-c3ccc4oc5cnccc5c4c3)c2)cc1. The minimum Gasteiger partial charge on any atom is -0.454 e. The summed E-state index contributed by atoms with van der Waals surface area (Å²) < 4.78 is 8.49. The molecule has 3 aromatic heterocycles. The van der Waals surface area contributed by atoms with E-state index < -0.39 is 8.07 Å². The van der Waals surface area contributed by atoms with E-state index in [2.05, 4.69) is 185 Å². The van der Waals surface area contributed by atoms with Gasteiger partial charge in [-0.25, -0.2) is 0 Å². The van der Waals surface area contributed by atoms with Gasteiger partial charge in [0.2, 0.25) is 0 Å². The third-order valence-corrected chi connectivity index (χ3v) is 15.2. The molecule has 51 heavy (non-hydrogen) atoms. The number of para-hydroxylation sites is 1. The quantitative estimate of drug-likeness (QED) is 0.131. The molecule has 10 aromatic rings. The van der Waals surface area contributed by atoms with Gasteiger partial charge in [0.15, 0.2) is 13.7 Å². The fourth-order valence-corrected chi connectivity index (χ4v) is 13.0. The summed E-state index contributed by atoms with van der Waals surface area (Å²) in [4.78, 5) is 4.26. The van der Waals surface area contributed by atoms with Crippen LogP contribution in [-0.4, -0.2) is 17.6 Å². The maximum atomic E-state index is 6.11. The first-order chi connectivity index (χ1) is 25.3. The Balaban J connectivity index is 1.17. The maximum Gasteiger partial charge on any atom is 0.179 e. The van der Waals surface area contributed by atoms with Crippen LogP contribution in [0.2, 0.25) is 0 Å². The molecule has 0 aliphatic heterocycles. The molecule has 0 spiro atoms. The molecule has 7 aromatic carbocycles. The number of hydrogen-bond donors (Lipinski definition) is 0. The lowest BCUT2D eigenvalue weighted by molar-refractivity contribution is 0.667. The van der Waals surface area contributed by atoms with Crippen molar-refractivity contribution in [1.29, 1.82) is 0 Å². The first kappa shape index (κ1) is 29.4. The Kier molecular flexibility index (Phi) is 6.83. The minimum absolute atomic E-state index is 0.803. The summed E-state index contributed by atoms with van der Waals surface area (Å²) in [6, 6.07) is 66.8. The lowest BCUT2D eigenvalue weighted by atomic mass is 10.0. The molecule has 4 heteroatoms. The van der Waals surface area contributed by atoms with E-state index in [4.69, 9.17) is 4.42 Å². The van der Waals surface area contributed by atoms with Crippen LogP contribution in [0.5, 0.6) is 0 Å². The monoisotopic (exact) mass is 668 g/mol. The molecule has 0 unspecified atom stereocenters. The summed E-state index contributed by atoms with van der Waals surface area (Å²) in [5, 5.41) is 10.1. The highest BCUT2D eigenvalue weighted by Crippen LogP contribution is 2.37. The summed E-state index contributed by atoms with van der Waals surface area (Å²) in [7, 11) is -2.65. The molecule has 0 radical (unpaired) electrons. The van der Waals surface area contributed by atoms with Crippen molar-refractivity contribution in [3.8, 4) is 16.8 Å². The van der Waals surface area contributed by atoms with Crippen molar-refractivity contribution < 1.29 is 4.42 Å². The summed E-state index contributed by atoms with van der Waals surface area (Å²) >= 11 is 0. The molecule has 0 amide bonds. The number of fused-ring (bicyclic) bond motifs is 6. The smallest absolute Gasteiger partial charge is 0.179 e. The Labute approximate surface area is 296 Å². The molecule has 0 saturated carbocycles. The molecule has 0 saturated heterocycles. The van der Waals surface area contributed by atoms with Crippen molar-refractivity contribution in [3.63, 3.8) is 0 Å². The summed E-state index contributed by atoms with van der Waals surface area (Å²) in [6.07, 6.45) is 3.62. The second kappa shape index (κ2) is 11.8. The van der Waals surface area contributed by atoms with E-state index in [9.17, 15) is 0 Å². The van der Waals surface area contributed by atoms with Crippen LogP contribution in [0.25, 0.3) is 60.6 Å². The van der Waals surface area contributed by atoms with E-state index in [1.54, 1.807) is 6.20 Å². The lowest BCUT2D eigenvalue weighted by Gasteiger charge is -2.34. The van der Waals surface area contributed by atoms with Gasteiger partial charge in [-0.15, -0.1) is 0 Å². The Morgan fingerprint density at radius 2 is 1.04 bits per heavy atom. The van der Waals surface area contributed by atoms with Crippen molar-refractivity contribution in [1.82, 2.24) is 9.55 Å². The second-order valence-corrected chi connectivity index (χ2v) is 17.0. The minimum atomic E-state index is -2.65. The van der Waals surface area contributed by atoms with Crippen LogP contribution in [0.4, 0.5) is 0 Å². The Morgan fingerprint density at radius 1 is 0.412 bits per heavy atom. The van der Waals surface area contributed by atoms with Crippen molar-refractivity contribution in [2.45, 2.75) is 0 Å². The van der Waals surface area contributed by atoms with Crippen LogP contribution < -0.4 is 20.7 Å². The number of pyridine rings is 1. The Hall–Kier alpha value is -6.49. The van der Waals surface area contributed by atoms with Gasteiger partial charge in [-0.2, -0.15) is 0 Å². The molecule has 0 aliphatic rings. The van der Waals surface area contributed by atoms with E-state index in [0.717, 1.165) is 27.6 Å². The molecule has 0 atom stereocenters. The van der Waals surface area contributed by atoms with Gasteiger partial charge in [0.05, 0.1) is 17.2 Å². The predicted molar refractivity (Wildman–Crippen MR) is 215 cm³/mol. The Morgan fingerprint density at radius 3 is 1.76 bits per heavy atom. The van der Waals surface area contributed by atoms with E-state index in [1.165, 1.54) is 53.7 Å². The molecule has 0 bridgehead atoms. The first-order valence-corrected chi connectivity index (χ1v) is 19.4. The zero-order valence-electron chi connectivity index (χ0n) is 27.8. The molecule has 240 valence electrons. The maximum absolute atomic E-state index is 6.11. The van der Waals surface area contributed by atoms with Gasteiger partial charge < -0.3 is 8.98 Å². The zero-order chi connectivity index (χ0) is 33.8. The summed E-state index contributed by atoms with van der Waals surface area (Å²) in [5.41, 5.74) is 7.54. The number of furan rings is 1. The highest BCUT2D eigenvalue weighted by molar-refractivity contribution is 7.19. The highest BCUT2D eigenvalue weighted by Gasteiger charge is 2.41. The Bertz CT molecular complexity index is 2760. The average molecular weight is 669 g/mol. The third kappa shape index (κ3) is 4.61. The van der Waals surface area contributed by atoms with Crippen LogP contribution in [-0.2, 0) is 0 Å². The van der Waals surface area contributed by atoms with Crippen molar-refractivity contribution in [3.05, 3.63) is 194 Å². The van der Waals surface area contributed by atoms with Crippen LogP contribution in [0.15, 0.2) is 199 Å². The number of hydrogen-bond acceptors (Lipinski definition) is 2.